The lowest BCUT2D eigenvalue weighted by atomic mass is 10.3. The van der Waals surface area contributed by atoms with Crippen molar-refractivity contribution in [1.29, 1.82) is 0 Å². The molecule has 0 saturated heterocycles. The second-order valence-corrected chi connectivity index (χ2v) is 2.94. The van der Waals surface area contributed by atoms with Gasteiger partial charge in [-0.3, -0.25) is 4.79 Å². The predicted molar refractivity (Wildman–Crippen MR) is 46.0 cm³/mol. The third-order valence-corrected chi connectivity index (χ3v) is 1.75. The van der Waals surface area contributed by atoms with Crippen molar-refractivity contribution in [2.24, 2.45) is 0 Å². The smallest absolute Gasteiger partial charge is 0.315 e. The van der Waals surface area contributed by atoms with Crippen LogP contribution >= 0.6 is 11.6 Å². The van der Waals surface area contributed by atoms with Crippen LogP contribution in [0.3, 0.4) is 0 Å². The Hall–Kier alpha value is -1.30. The Labute approximate surface area is 86.8 Å². The van der Waals surface area contributed by atoms with Gasteiger partial charge >= 0.3 is 6.43 Å². The lowest BCUT2D eigenvalue weighted by molar-refractivity contribution is -0.126. The molecule has 1 aromatic carbocycles. The number of rotatable bonds is 2. The summed E-state index contributed by atoms with van der Waals surface area (Å²) >= 11 is 5.34. The minimum absolute atomic E-state index is 0.424. The molecular formula is C8H4ClF4NO. The number of hydrogen-bond acceptors (Lipinski definition) is 1. The minimum Gasteiger partial charge on any atom is -0.317 e. The van der Waals surface area contributed by atoms with Gasteiger partial charge < -0.3 is 5.32 Å². The van der Waals surface area contributed by atoms with E-state index in [-0.39, 0.29) is 0 Å². The van der Waals surface area contributed by atoms with Gasteiger partial charge in [-0.05, 0) is 6.07 Å². The predicted octanol–water partition coefficient (Wildman–Crippen LogP) is 2.82. The maximum atomic E-state index is 13.0. The summed E-state index contributed by atoms with van der Waals surface area (Å²) in [4.78, 5) is 10.5. The third kappa shape index (κ3) is 2.82. The molecule has 0 saturated carbocycles. The summed E-state index contributed by atoms with van der Waals surface area (Å²) in [5.74, 6) is -3.89. The molecule has 82 valence electrons. The van der Waals surface area contributed by atoms with Gasteiger partial charge in [0.2, 0.25) is 0 Å². The molecule has 1 amide bonds. The first kappa shape index (κ1) is 11.8. The number of benzene rings is 1. The van der Waals surface area contributed by atoms with Crippen LogP contribution < -0.4 is 5.32 Å². The Morgan fingerprint density at radius 3 is 2.40 bits per heavy atom. The average molecular weight is 242 g/mol. The van der Waals surface area contributed by atoms with Gasteiger partial charge in [-0.2, -0.15) is 8.78 Å². The summed E-state index contributed by atoms with van der Waals surface area (Å²) in [6.07, 6.45) is -3.30. The summed E-state index contributed by atoms with van der Waals surface area (Å²) in [5, 5.41) is 1.06. The van der Waals surface area contributed by atoms with Crippen LogP contribution in [-0.4, -0.2) is 12.3 Å². The van der Waals surface area contributed by atoms with Crippen LogP contribution in [0.2, 0.25) is 5.02 Å². The summed E-state index contributed by atoms with van der Waals surface area (Å²) in [6, 6.07) is 1.12. The third-order valence-electron chi connectivity index (χ3n) is 1.45. The van der Waals surface area contributed by atoms with Crippen LogP contribution in [0.15, 0.2) is 12.1 Å². The molecule has 2 nitrogen and oxygen atoms in total. The molecule has 0 aliphatic carbocycles. The molecule has 1 rings (SSSR count). The first-order valence-electron chi connectivity index (χ1n) is 3.65. The van der Waals surface area contributed by atoms with Crippen molar-refractivity contribution < 1.29 is 22.4 Å². The number of carbonyl (C=O) groups is 1. The van der Waals surface area contributed by atoms with E-state index in [0.29, 0.717) is 12.1 Å². The van der Waals surface area contributed by atoms with E-state index in [1.807, 2.05) is 0 Å². The van der Waals surface area contributed by atoms with E-state index in [1.165, 1.54) is 0 Å². The largest absolute Gasteiger partial charge is 0.317 e. The molecule has 0 aromatic heterocycles. The Bertz CT molecular complexity index is 373. The SMILES string of the molecule is O=C(Nc1c(F)cc(F)cc1Cl)C(F)F. The van der Waals surface area contributed by atoms with Gasteiger partial charge in [0.1, 0.15) is 5.82 Å². The molecule has 0 fully saturated rings. The van der Waals surface area contributed by atoms with Crippen molar-refractivity contribution in [2.75, 3.05) is 5.32 Å². The molecule has 1 aromatic rings. The van der Waals surface area contributed by atoms with E-state index in [1.54, 1.807) is 5.32 Å². The van der Waals surface area contributed by atoms with E-state index in [9.17, 15) is 22.4 Å². The van der Waals surface area contributed by atoms with Crippen LogP contribution in [-0.2, 0) is 4.79 Å². The van der Waals surface area contributed by atoms with E-state index in [0.717, 1.165) is 0 Å². The fourth-order valence-corrected chi connectivity index (χ4v) is 1.08. The molecule has 1 N–H and O–H groups in total. The Kier molecular flexibility index (Phi) is 3.52. The second kappa shape index (κ2) is 4.48. The molecule has 0 aliphatic heterocycles. The van der Waals surface area contributed by atoms with Crippen LogP contribution in [0.25, 0.3) is 0 Å². The normalized spacial score (nSPS) is 10.5. The highest BCUT2D eigenvalue weighted by Gasteiger charge is 2.19. The molecule has 0 atom stereocenters. The Balaban J connectivity index is 3.00. The molecule has 7 heteroatoms. The van der Waals surface area contributed by atoms with Crippen molar-refractivity contribution in [2.45, 2.75) is 6.43 Å². The number of nitrogens with one attached hydrogen (secondary N) is 1. The van der Waals surface area contributed by atoms with Crippen molar-refractivity contribution in [3.8, 4) is 0 Å². The van der Waals surface area contributed by atoms with Gasteiger partial charge in [0, 0.05) is 6.07 Å². The van der Waals surface area contributed by atoms with E-state index >= 15 is 0 Å². The summed E-state index contributed by atoms with van der Waals surface area (Å²) in [6.45, 7) is 0. The van der Waals surface area contributed by atoms with Crippen molar-refractivity contribution in [3.05, 3.63) is 28.8 Å². The first-order valence-corrected chi connectivity index (χ1v) is 4.03. The standard InChI is InChI=1S/C8H4ClF4NO/c9-4-1-3(10)2-5(11)6(4)14-8(15)7(12)13/h1-2,7H,(H,14,15). The number of amides is 1. The molecule has 0 bridgehead atoms. The van der Waals surface area contributed by atoms with Crippen molar-refractivity contribution >= 4 is 23.2 Å². The number of anilines is 1. The maximum absolute atomic E-state index is 13.0. The molecule has 0 aliphatic rings. The number of alkyl halides is 2. The van der Waals surface area contributed by atoms with Crippen LogP contribution in [0.4, 0.5) is 23.2 Å². The average Bonchev–Trinajstić information content (AvgIpc) is 2.10. The highest BCUT2D eigenvalue weighted by Crippen LogP contribution is 2.26. The molecule has 0 radical (unpaired) electrons. The topological polar surface area (TPSA) is 29.1 Å². The van der Waals surface area contributed by atoms with Crippen molar-refractivity contribution in [3.63, 3.8) is 0 Å². The van der Waals surface area contributed by atoms with Crippen LogP contribution in [0.1, 0.15) is 0 Å². The van der Waals surface area contributed by atoms with Crippen LogP contribution in [0, 0.1) is 11.6 Å². The van der Waals surface area contributed by atoms with E-state index < -0.39 is 34.7 Å². The molecule has 0 heterocycles. The molecule has 0 spiro atoms. The van der Waals surface area contributed by atoms with Gasteiger partial charge in [0.05, 0.1) is 10.7 Å². The zero-order valence-electron chi connectivity index (χ0n) is 7.03. The molecule has 0 unspecified atom stereocenters. The van der Waals surface area contributed by atoms with Gasteiger partial charge in [0.25, 0.3) is 5.91 Å². The zero-order valence-corrected chi connectivity index (χ0v) is 7.79. The first-order chi connectivity index (χ1) is 6.91. The van der Waals surface area contributed by atoms with E-state index in [2.05, 4.69) is 0 Å². The summed E-state index contributed by atoms with van der Waals surface area (Å²) in [5.41, 5.74) is -0.664. The lowest BCUT2D eigenvalue weighted by Gasteiger charge is -2.07. The molecular weight excluding hydrogens is 238 g/mol. The van der Waals surface area contributed by atoms with Crippen molar-refractivity contribution in [1.82, 2.24) is 0 Å². The van der Waals surface area contributed by atoms with Gasteiger partial charge in [-0.1, -0.05) is 11.6 Å². The van der Waals surface area contributed by atoms with Crippen LogP contribution in [0.5, 0.6) is 0 Å². The Morgan fingerprint density at radius 1 is 1.33 bits per heavy atom. The van der Waals surface area contributed by atoms with E-state index in [4.69, 9.17) is 11.6 Å². The number of carbonyl (C=O) groups excluding carboxylic acids is 1. The summed E-state index contributed by atoms with van der Waals surface area (Å²) < 4.78 is 49.1. The number of halogens is 5. The Morgan fingerprint density at radius 2 is 1.93 bits per heavy atom. The highest BCUT2D eigenvalue weighted by atomic mass is 35.5. The van der Waals surface area contributed by atoms with Gasteiger partial charge in [0.15, 0.2) is 5.82 Å². The van der Waals surface area contributed by atoms with Gasteiger partial charge in [-0.25, -0.2) is 8.78 Å². The quantitative estimate of drug-likeness (QED) is 0.793. The monoisotopic (exact) mass is 241 g/mol. The fourth-order valence-electron chi connectivity index (χ4n) is 0.839. The highest BCUT2D eigenvalue weighted by molar-refractivity contribution is 6.33. The minimum atomic E-state index is -3.30. The zero-order chi connectivity index (χ0) is 11.6. The lowest BCUT2D eigenvalue weighted by Crippen LogP contribution is -2.21. The fraction of sp³-hybridized carbons (Fsp3) is 0.125. The second-order valence-electron chi connectivity index (χ2n) is 2.53. The molecule has 15 heavy (non-hydrogen) atoms. The van der Waals surface area contributed by atoms with Gasteiger partial charge in [-0.15, -0.1) is 0 Å². The summed E-state index contributed by atoms with van der Waals surface area (Å²) in [7, 11) is 0. The number of hydrogen-bond donors (Lipinski definition) is 1. The maximum Gasteiger partial charge on any atom is 0.315 e.